The largest absolute Gasteiger partial charge is 0.394 e. The van der Waals surface area contributed by atoms with Crippen LogP contribution in [0.1, 0.15) is 20.3 Å². The first kappa shape index (κ1) is 16.0. The summed E-state index contributed by atoms with van der Waals surface area (Å²) in [6.45, 7) is 3.42. The number of hydrogen-bond donors (Lipinski definition) is 3. The molecule has 2 fully saturated rings. The number of primary amides is 1. The second kappa shape index (κ2) is 6.17. The number of nitrogens with two attached hydrogens (primary N) is 1. The highest BCUT2D eigenvalue weighted by Crippen LogP contribution is 2.38. The van der Waals surface area contributed by atoms with Crippen molar-refractivity contribution < 1.29 is 29.3 Å². The molecule has 21 heavy (non-hydrogen) atoms. The first-order chi connectivity index (χ1) is 9.84. The minimum absolute atomic E-state index is 0.00935. The molecule has 0 spiro atoms. The molecule has 0 saturated carbocycles. The van der Waals surface area contributed by atoms with Crippen LogP contribution >= 0.6 is 0 Å². The number of urea groups is 1. The summed E-state index contributed by atoms with van der Waals surface area (Å²) in [5.74, 6) is 4.93. The monoisotopic (exact) mass is 300 g/mol. The van der Waals surface area contributed by atoms with Gasteiger partial charge in [0.1, 0.15) is 24.4 Å². The van der Waals surface area contributed by atoms with Crippen molar-refractivity contribution in [3.8, 4) is 11.8 Å². The van der Waals surface area contributed by atoms with E-state index in [0.717, 1.165) is 0 Å². The van der Waals surface area contributed by atoms with E-state index in [4.69, 9.17) is 25.2 Å². The molecule has 0 bridgehead atoms. The van der Waals surface area contributed by atoms with E-state index in [-0.39, 0.29) is 31.8 Å². The highest BCUT2D eigenvalue weighted by Gasteiger charge is 2.54. The fourth-order valence-corrected chi connectivity index (χ4v) is 2.39. The van der Waals surface area contributed by atoms with Gasteiger partial charge in [-0.05, 0) is 13.8 Å². The number of carbonyl (C=O) groups excluding carboxylic acids is 1. The highest BCUT2D eigenvalue weighted by molar-refractivity contribution is 5.70. The number of fused-ring (bicyclic) bond motifs is 1. The average Bonchev–Trinajstić information content (AvgIpc) is 2.88. The first-order valence-corrected chi connectivity index (χ1v) is 6.70. The number of carbonyl (C=O) groups is 1. The minimum atomic E-state index is -0.927. The summed E-state index contributed by atoms with van der Waals surface area (Å²) in [6, 6.07) is -0.927. The molecule has 0 aromatic carbocycles. The first-order valence-electron chi connectivity index (χ1n) is 6.70. The van der Waals surface area contributed by atoms with Crippen molar-refractivity contribution >= 4 is 6.03 Å². The van der Waals surface area contributed by atoms with Gasteiger partial charge < -0.3 is 25.1 Å². The van der Waals surface area contributed by atoms with E-state index in [9.17, 15) is 9.90 Å². The van der Waals surface area contributed by atoms with E-state index in [1.165, 1.54) is 0 Å². The standard InChI is InChI=1S/C13H20N2O6/c1-13(2)20-10-8(19-9(7-16)11(10)21-13)5-3-4-6-15(18)12(14)17/h8-11,16,18H,4,6-7H2,1-2H3,(H2,14,17)/t8?,9-,10?,11?/m1/s1. The highest BCUT2D eigenvalue weighted by atomic mass is 16.8. The third-order valence-electron chi connectivity index (χ3n) is 3.28. The Morgan fingerprint density at radius 1 is 1.38 bits per heavy atom. The Morgan fingerprint density at radius 2 is 2.05 bits per heavy atom. The van der Waals surface area contributed by atoms with E-state index >= 15 is 0 Å². The molecule has 2 rings (SSSR count). The number of aliphatic hydroxyl groups excluding tert-OH is 1. The Balaban J connectivity index is 1.93. The zero-order valence-corrected chi connectivity index (χ0v) is 12.0. The molecule has 8 heteroatoms. The molecule has 0 aliphatic carbocycles. The van der Waals surface area contributed by atoms with Gasteiger partial charge in [-0.3, -0.25) is 5.21 Å². The van der Waals surface area contributed by atoms with Gasteiger partial charge in [-0.15, -0.1) is 0 Å². The molecule has 8 nitrogen and oxygen atoms in total. The quantitative estimate of drug-likeness (QED) is 0.365. The number of rotatable bonds is 3. The number of hydrogen-bond acceptors (Lipinski definition) is 6. The Kier molecular flexibility index (Phi) is 4.70. The Hall–Kier alpha value is -1.37. The molecule has 2 aliphatic rings. The molecule has 4 N–H and O–H groups in total. The van der Waals surface area contributed by atoms with Crippen LogP contribution in [0.3, 0.4) is 0 Å². The molecule has 0 aromatic heterocycles. The van der Waals surface area contributed by atoms with Crippen molar-refractivity contribution in [3.05, 3.63) is 0 Å². The summed E-state index contributed by atoms with van der Waals surface area (Å²) in [5, 5.41) is 18.8. The summed E-state index contributed by atoms with van der Waals surface area (Å²) in [4.78, 5) is 10.6. The molecule has 0 radical (unpaired) electrons. The zero-order chi connectivity index (χ0) is 15.6. The SMILES string of the molecule is CC1(C)OC2C(C#CCCN(O)C(N)=O)O[C@H](CO)C2O1. The van der Waals surface area contributed by atoms with E-state index in [1.54, 1.807) is 13.8 Å². The Labute approximate surface area is 122 Å². The van der Waals surface area contributed by atoms with Crippen molar-refractivity contribution in [1.29, 1.82) is 0 Å². The van der Waals surface area contributed by atoms with Crippen LogP contribution < -0.4 is 5.73 Å². The van der Waals surface area contributed by atoms with Crippen molar-refractivity contribution in [2.24, 2.45) is 5.73 Å². The van der Waals surface area contributed by atoms with Crippen LogP contribution in [0.25, 0.3) is 0 Å². The summed E-state index contributed by atoms with van der Waals surface area (Å²) < 4.78 is 17.0. The Bertz CT molecular complexity index is 457. The second-order valence-corrected chi connectivity index (χ2v) is 5.37. The maximum Gasteiger partial charge on any atom is 0.338 e. The van der Waals surface area contributed by atoms with Gasteiger partial charge in [-0.25, -0.2) is 9.86 Å². The lowest BCUT2D eigenvalue weighted by Gasteiger charge is -2.21. The van der Waals surface area contributed by atoms with E-state index < -0.39 is 24.0 Å². The van der Waals surface area contributed by atoms with Gasteiger partial charge in [0, 0.05) is 6.42 Å². The van der Waals surface area contributed by atoms with Gasteiger partial charge in [0.15, 0.2) is 5.79 Å². The third-order valence-corrected chi connectivity index (χ3v) is 3.28. The molecule has 118 valence electrons. The maximum atomic E-state index is 10.6. The van der Waals surface area contributed by atoms with Crippen LogP contribution in [0.15, 0.2) is 0 Å². The van der Waals surface area contributed by atoms with Crippen molar-refractivity contribution in [2.75, 3.05) is 13.2 Å². The molecule has 4 atom stereocenters. The molecule has 2 amide bonds. The molecule has 2 saturated heterocycles. The Morgan fingerprint density at radius 3 is 2.67 bits per heavy atom. The van der Waals surface area contributed by atoms with Crippen molar-refractivity contribution in [2.45, 2.75) is 50.5 Å². The summed E-state index contributed by atoms with van der Waals surface area (Å²) in [5.41, 5.74) is 4.88. The number of aliphatic hydroxyl groups is 1. The zero-order valence-electron chi connectivity index (χ0n) is 12.0. The molecule has 2 aliphatic heterocycles. The van der Waals surface area contributed by atoms with Gasteiger partial charge in [0.2, 0.25) is 0 Å². The van der Waals surface area contributed by atoms with Gasteiger partial charge in [-0.1, -0.05) is 11.8 Å². The molecule has 2 heterocycles. The van der Waals surface area contributed by atoms with Crippen LogP contribution in [0, 0.1) is 11.8 Å². The molecular weight excluding hydrogens is 280 g/mol. The third kappa shape index (κ3) is 3.64. The van der Waals surface area contributed by atoms with E-state index in [1.807, 2.05) is 0 Å². The van der Waals surface area contributed by atoms with Gasteiger partial charge in [-0.2, -0.15) is 0 Å². The summed E-state index contributed by atoms with van der Waals surface area (Å²) >= 11 is 0. The van der Waals surface area contributed by atoms with Gasteiger partial charge in [0.25, 0.3) is 0 Å². The van der Waals surface area contributed by atoms with Crippen molar-refractivity contribution in [1.82, 2.24) is 5.06 Å². The lowest BCUT2D eigenvalue weighted by molar-refractivity contribution is -0.184. The van der Waals surface area contributed by atoms with Gasteiger partial charge in [0.05, 0.1) is 13.2 Å². The predicted octanol–water partition coefficient (Wildman–Crippen LogP) is -0.570. The normalized spacial score (nSPS) is 33.1. The lowest BCUT2D eigenvalue weighted by Crippen LogP contribution is -2.33. The average molecular weight is 300 g/mol. The topological polar surface area (TPSA) is 114 Å². The van der Waals surface area contributed by atoms with Crippen LogP contribution in [-0.2, 0) is 14.2 Å². The predicted molar refractivity (Wildman–Crippen MR) is 70.0 cm³/mol. The number of ether oxygens (including phenoxy) is 3. The van der Waals surface area contributed by atoms with Gasteiger partial charge >= 0.3 is 6.03 Å². The molecular formula is C13H20N2O6. The lowest BCUT2D eigenvalue weighted by atomic mass is 10.1. The van der Waals surface area contributed by atoms with E-state index in [2.05, 4.69) is 11.8 Å². The number of hydroxylamine groups is 2. The fraction of sp³-hybridized carbons (Fsp3) is 0.769. The summed E-state index contributed by atoms with van der Waals surface area (Å²) in [6.07, 6.45) is -1.48. The van der Waals surface area contributed by atoms with Crippen LogP contribution in [0.5, 0.6) is 0 Å². The fourth-order valence-electron chi connectivity index (χ4n) is 2.39. The maximum absolute atomic E-state index is 10.6. The second-order valence-electron chi connectivity index (χ2n) is 5.37. The number of amides is 2. The number of nitrogens with zero attached hydrogens (tertiary/aromatic N) is 1. The smallest absolute Gasteiger partial charge is 0.338 e. The molecule has 3 unspecified atom stereocenters. The van der Waals surface area contributed by atoms with Crippen LogP contribution in [0.4, 0.5) is 4.79 Å². The van der Waals surface area contributed by atoms with E-state index in [0.29, 0.717) is 5.06 Å². The van der Waals surface area contributed by atoms with Crippen molar-refractivity contribution in [3.63, 3.8) is 0 Å². The molecule has 0 aromatic rings. The minimum Gasteiger partial charge on any atom is -0.394 e. The summed E-state index contributed by atoms with van der Waals surface area (Å²) in [7, 11) is 0. The van der Waals surface area contributed by atoms with Crippen LogP contribution in [0.2, 0.25) is 0 Å². The van der Waals surface area contributed by atoms with Crippen LogP contribution in [-0.4, -0.2) is 64.8 Å².